The SMILES string of the molecule is NCC1(Cc2c(Cl)ncnc2Cl)CC1. The van der Waals surface area contributed by atoms with E-state index in [1.807, 2.05) is 0 Å². The third-order valence-electron chi connectivity index (χ3n) is 2.78. The Morgan fingerprint density at radius 3 is 2.29 bits per heavy atom. The minimum Gasteiger partial charge on any atom is -0.330 e. The summed E-state index contributed by atoms with van der Waals surface area (Å²) in [4.78, 5) is 7.83. The van der Waals surface area contributed by atoms with E-state index in [1.165, 1.54) is 6.33 Å². The molecule has 3 nitrogen and oxygen atoms in total. The van der Waals surface area contributed by atoms with Crippen LogP contribution >= 0.6 is 23.2 Å². The van der Waals surface area contributed by atoms with E-state index in [0.29, 0.717) is 16.9 Å². The molecule has 0 saturated heterocycles. The van der Waals surface area contributed by atoms with Gasteiger partial charge in [0.1, 0.15) is 16.6 Å². The maximum atomic E-state index is 5.94. The highest BCUT2D eigenvalue weighted by atomic mass is 35.5. The minimum absolute atomic E-state index is 0.206. The number of aromatic nitrogens is 2. The summed E-state index contributed by atoms with van der Waals surface area (Å²) in [5.74, 6) is 0. The number of nitrogens with zero attached hydrogens (tertiary/aromatic N) is 2. The van der Waals surface area contributed by atoms with Gasteiger partial charge in [0.25, 0.3) is 0 Å². The van der Waals surface area contributed by atoms with Gasteiger partial charge in [-0.05, 0) is 31.2 Å². The lowest BCUT2D eigenvalue weighted by Crippen LogP contribution is -2.18. The lowest BCUT2D eigenvalue weighted by Gasteiger charge is -2.13. The smallest absolute Gasteiger partial charge is 0.137 e. The Balaban J connectivity index is 2.24. The van der Waals surface area contributed by atoms with Crippen LogP contribution in [-0.2, 0) is 6.42 Å². The van der Waals surface area contributed by atoms with Crippen LogP contribution in [0.3, 0.4) is 0 Å². The number of nitrogens with two attached hydrogens (primary N) is 1. The fourth-order valence-electron chi connectivity index (χ4n) is 1.52. The maximum absolute atomic E-state index is 5.94. The molecule has 0 radical (unpaired) electrons. The van der Waals surface area contributed by atoms with Crippen LogP contribution in [0.1, 0.15) is 18.4 Å². The molecule has 1 aliphatic rings. The molecule has 1 aromatic rings. The Kier molecular flexibility index (Phi) is 2.64. The molecule has 1 heterocycles. The Hall–Kier alpha value is -0.380. The van der Waals surface area contributed by atoms with Crippen molar-refractivity contribution in [3.8, 4) is 0 Å². The van der Waals surface area contributed by atoms with Crippen LogP contribution in [0.15, 0.2) is 6.33 Å². The topological polar surface area (TPSA) is 51.8 Å². The van der Waals surface area contributed by atoms with Gasteiger partial charge in [-0.3, -0.25) is 0 Å². The van der Waals surface area contributed by atoms with E-state index in [2.05, 4.69) is 9.97 Å². The van der Waals surface area contributed by atoms with Crippen molar-refractivity contribution in [3.63, 3.8) is 0 Å². The average molecular weight is 232 g/mol. The second kappa shape index (κ2) is 3.65. The predicted octanol–water partition coefficient (Wildman–Crippen LogP) is 2.06. The van der Waals surface area contributed by atoms with Crippen molar-refractivity contribution in [1.29, 1.82) is 0 Å². The summed E-state index contributed by atoms with van der Waals surface area (Å²) in [5.41, 5.74) is 6.73. The first kappa shape index (κ1) is 10.1. The normalized spacial score (nSPS) is 18.2. The van der Waals surface area contributed by atoms with E-state index in [4.69, 9.17) is 28.9 Å². The van der Waals surface area contributed by atoms with Gasteiger partial charge in [0.15, 0.2) is 0 Å². The van der Waals surface area contributed by atoms with E-state index in [9.17, 15) is 0 Å². The van der Waals surface area contributed by atoms with Crippen LogP contribution in [0, 0.1) is 5.41 Å². The quantitative estimate of drug-likeness (QED) is 0.811. The fraction of sp³-hybridized carbons (Fsp3) is 0.556. The molecule has 0 aliphatic heterocycles. The third kappa shape index (κ3) is 1.85. The highest BCUT2D eigenvalue weighted by Gasteiger charge is 2.42. The Morgan fingerprint density at radius 2 is 1.86 bits per heavy atom. The average Bonchev–Trinajstić information content (AvgIpc) is 2.93. The molecule has 1 saturated carbocycles. The molecule has 5 heteroatoms. The van der Waals surface area contributed by atoms with E-state index in [0.717, 1.165) is 24.8 Å². The van der Waals surface area contributed by atoms with E-state index >= 15 is 0 Å². The van der Waals surface area contributed by atoms with Gasteiger partial charge in [-0.25, -0.2) is 9.97 Å². The van der Waals surface area contributed by atoms with Crippen LogP contribution in [0.5, 0.6) is 0 Å². The van der Waals surface area contributed by atoms with Crippen molar-refractivity contribution in [3.05, 3.63) is 22.2 Å². The molecule has 76 valence electrons. The van der Waals surface area contributed by atoms with Crippen LogP contribution in [-0.4, -0.2) is 16.5 Å². The number of hydrogen-bond donors (Lipinski definition) is 1. The van der Waals surface area contributed by atoms with Gasteiger partial charge in [0.05, 0.1) is 0 Å². The molecule has 1 aliphatic carbocycles. The molecule has 2 N–H and O–H groups in total. The standard InChI is InChI=1S/C9H11Cl2N3/c10-7-6(8(11)14-5-13-7)3-9(4-12)1-2-9/h5H,1-4,12H2. The number of hydrogen-bond acceptors (Lipinski definition) is 3. The second-order valence-corrected chi connectivity index (χ2v) is 4.53. The highest BCUT2D eigenvalue weighted by Crippen LogP contribution is 2.48. The number of halogens is 2. The van der Waals surface area contributed by atoms with Gasteiger partial charge in [0, 0.05) is 5.56 Å². The zero-order chi connectivity index (χ0) is 10.2. The van der Waals surface area contributed by atoms with Gasteiger partial charge < -0.3 is 5.73 Å². The van der Waals surface area contributed by atoms with Gasteiger partial charge in [0.2, 0.25) is 0 Å². The summed E-state index contributed by atoms with van der Waals surface area (Å²) in [5, 5.41) is 0.898. The van der Waals surface area contributed by atoms with E-state index in [-0.39, 0.29) is 5.41 Å². The van der Waals surface area contributed by atoms with Crippen LogP contribution in [0.4, 0.5) is 0 Å². The zero-order valence-corrected chi connectivity index (χ0v) is 9.15. The molecule has 0 bridgehead atoms. The van der Waals surface area contributed by atoms with Gasteiger partial charge in [-0.1, -0.05) is 23.2 Å². The summed E-state index contributed by atoms with van der Waals surface area (Å²) in [7, 11) is 0. The first-order valence-corrected chi connectivity index (χ1v) is 5.27. The highest BCUT2D eigenvalue weighted by molar-refractivity contribution is 6.34. The van der Waals surface area contributed by atoms with Crippen LogP contribution < -0.4 is 5.73 Å². The van der Waals surface area contributed by atoms with E-state index < -0.39 is 0 Å². The minimum atomic E-state index is 0.206. The second-order valence-electron chi connectivity index (χ2n) is 3.81. The van der Waals surface area contributed by atoms with Crippen molar-refractivity contribution >= 4 is 23.2 Å². The Bertz CT molecular complexity index is 330. The first-order valence-electron chi connectivity index (χ1n) is 4.52. The van der Waals surface area contributed by atoms with Gasteiger partial charge in [-0.15, -0.1) is 0 Å². The van der Waals surface area contributed by atoms with Gasteiger partial charge >= 0.3 is 0 Å². The van der Waals surface area contributed by atoms with Crippen LogP contribution in [0.2, 0.25) is 10.3 Å². The molecular weight excluding hydrogens is 221 g/mol. The first-order chi connectivity index (χ1) is 6.67. The molecular formula is C9H11Cl2N3. The summed E-state index contributed by atoms with van der Waals surface area (Å²) in [6.45, 7) is 0.675. The lowest BCUT2D eigenvalue weighted by molar-refractivity contribution is 0.519. The molecule has 0 unspecified atom stereocenters. The Labute approximate surface area is 92.6 Å². The number of rotatable bonds is 3. The molecule has 2 rings (SSSR count). The molecule has 1 fully saturated rings. The Morgan fingerprint density at radius 1 is 1.29 bits per heavy atom. The summed E-state index contributed by atoms with van der Waals surface area (Å²) in [6, 6.07) is 0. The summed E-state index contributed by atoms with van der Waals surface area (Å²) in [6.07, 6.45) is 4.45. The molecule has 0 amide bonds. The van der Waals surface area contributed by atoms with Crippen LogP contribution in [0.25, 0.3) is 0 Å². The van der Waals surface area contributed by atoms with Crippen molar-refractivity contribution in [2.45, 2.75) is 19.3 Å². The predicted molar refractivity (Wildman–Crippen MR) is 56.5 cm³/mol. The van der Waals surface area contributed by atoms with Crippen molar-refractivity contribution < 1.29 is 0 Å². The monoisotopic (exact) mass is 231 g/mol. The van der Waals surface area contributed by atoms with Gasteiger partial charge in [-0.2, -0.15) is 0 Å². The zero-order valence-electron chi connectivity index (χ0n) is 7.63. The molecule has 0 spiro atoms. The van der Waals surface area contributed by atoms with Crippen molar-refractivity contribution in [2.24, 2.45) is 11.1 Å². The maximum Gasteiger partial charge on any atom is 0.137 e. The third-order valence-corrected chi connectivity index (χ3v) is 3.43. The molecule has 0 aromatic carbocycles. The lowest BCUT2D eigenvalue weighted by atomic mass is 9.99. The molecule has 14 heavy (non-hydrogen) atoms. The van der Waals surface area contributed by atoms with Crippen molar-refractivity contribution in [2.75, 3.05) is 6.54 Å². The fourth-order valence-corrected chi connectivity index (χ4v) is 1.97. The van der Waals surface area contributed by atoms with E-state index in [1.54, 1.807) is 0 Å². The summed E-state index contributed by atoms with van der Waals surface area (Å²) >= 11 is 11.9. The van der Waals surface area contributed by atoms with Crippen molar-refractivity contribution in [1.82, 2.24) is 9.97 Å². The largest absolute Gasteiger partial charge is 0.330 e. The summed E-state index contributed by atoms with van der Waals surface area (Å²) < 4.78 is 0. The molecule has 1 aromatic heterocycles. The molecule has 0 atom stereocenters.